The van der Waals surface area contributed by atoms with Crippen LogP contribution < -0.4 is 36.3 Å². The summed E-state index contributed by atoms with van der Waals surface area (Å²) in [6.07, 6.45) is 0. The summed E-state index contributed by atoms with van der Waals surface area (Å²) in [4.78, 5) is 0. The van der Waals surface area contributed by atoms with Crippen molar-refractivity contribution in [1.82, 2.24) is 9.13 Å². The first kappa shape index (κ1) is 104. The van der Waals surface area contributed by atoms with Gasteiger partial charge in [0.25, 0.3) is 0 Å². The second kappa shape index (κ2) is 46.5. The zero-order chi connectivity index (χ0) is 98.3. The number of fused-ring (bicyclic) bond motifs is 9. The zero-order valence-corrected chi connectivity index (χ0v) is 84.3. The van der Waals surface area contributed by atoms with Gasteiger partial charge in [-0.05, 0) is 181 Å². The van der Waals surface area contributed by atoms with E-state index in [0.717, 1.165) is 26.8 Å². The Morgan fingerprint density at radius 1 is 0.286 bits per heavy atom. The Morgan fingerprint density at radius 2 is 0.614 bits per heavy atom. The quantitative estimate of drug-likeness (QED) is 0.0992. The number of benzene rings is 17. The van der Waals surface area contributed by atoms with Gasteiger partial charge < -0.3 is 9.13 Å². The van der Waals surface area contributed by atoms with Crippen molar-refractivity contribution in [2.24, 2.45) is 0 Å². The van der Waals surface area contributed by atoms with Crippen molar-refractivity contribution in [3.63, 3.8) is 0 Å². The smallest absolute Gasteiger partial charge is 0.179 e. The summed E-state index contributed by atoms with van der Waals surface area (Å²) in [5, 5.41) is 26.6. The lowest BCUT2D eigenvalue weighted by Crippen LogP contribution is -2.74. The van der Waals surface area contributed by atoms with Crippen LogP contribution in [0.25, 0.3) is 86.3 Å². The van der Waals surface area contributed by atoms with Crippen LogP contribution in [0.5, 0.6) is 0 Å². The Morgan fingerprint density at radius 3 is 1.00 bits per heavy atom. The fourth-order valence-corrected chi connectivity index (χ4v) is 30.9. The minimum atomic E-state index is -2.41. The first-order chi connectivity index (χ1) is 65.9. The van der Waals surface area contributed by atoms with Crippen molar-refractivity contribution in [2.45, 2.75) is 208 Å². The third kappa shape index (κ3) is 23.5. The summed E-state index contributed by atoms with van der Waals surface area (Å²) in [7, 11) is -4.54. The maximum absolute atomic E-state index is 8.83. The lowest BCUT2D eigenvalue weighted by atomic mass is 9.83. The molecule has 0 fully saturated rings. The van der Waals surface area contributed by atoms with Crippen molar-refractivity contribution in [3.05, 3.63) is 476 Å². The number of para-hydroxylation sites is 4. The van der Waals surface area contributed by atoms with E-state index in [9.17, 15) is 0 Å². The van der Waals surface area contributed by atoms with E-state index in [1.54, 1.807) is 18.3 Å². The highest BCUT2D eigenvalue weighted by molar-refractivity contribution is 7.26. The van der Waals surface area contributed by atoms with E-state index in [1.165, 1.54) is 124 Å². The molecule has 6 heteroatoms. The number of thiophene rings is 1. The van der Waals surface area contributed by atoms with Gasteiger partial charge in [-0.15, -0.1) is 11.3 Å². The van der Waals surface area contributed by atoms with Crippen molar-refractivity contribution < 1.29 is 5.48 Å². The van der Waals surface area contributed by atoms with E-state index in [4.69, 9.17) is 10.7 Å². The Hall–Kier alpha value is -13.5. The lowest BCUT2D eigenvalue weighted by molar-refractivity contribution is 0.588. The molecule has 3 aromatic heterocycles. The number of hydrogen-bond donors (Lipinski definition) is 0. The van der Waals surface area contributed by atoms with Gasteiger partial charge in [0.2, 0.25) is 0 Å². The molecule has 0 bridgehead atoms. The molecule has 0 N–H and O–H groups in total. The summed E-state index contributed by atoms with van der Waals surface area (Å²) in [5.74, 6) is 0. The second-order valence-corrected chi connectivity index (χ2v) is 50.9. The number of rotatable bonds is 10. The summed E-state index contributed by atoms with van der Waals surface area (Å²) in [5.41, 5.74) is 16.9. The minimum absolute atomic E-state index is 0. The van der Waals surface area contributed by atoms with E-state index in [1.807, 2.05) is 36.4 Å². The van der Waals surface area contributed by atoms with Gasteiger partial charge in [0.05, 0.1) is 39.2 Å². The topological polar surface area (TPSA) is 33.6 Å². The van der Waals surface area contributed by atoms with Crippen LogP contribution >= 0.6 is 11.3 Å². The SMILES string of the molecule is C.C.C.C.C.C.CC(C)(C)[Si](c1ccccc1)(c1ccccc1)c1ccccc1.CC(C)(C)c1ccc(-n2c3ccccc3c3ccccc32)cc1.CC(C)(C)c1cccc(-n2c3ccccc3c3ccccc32)c1.CC(C)(C)c1cccc([Si](c2ccccc2)(c2ccccc2)c2ccccc2)c1.CC(C)(C)c1ccccc1C#N.[2H]c1c([2H])c(C)c([2H])c(-c2cccc3sc4cccc(C(C)(C)C)c4c23)c1[2H]. The molecule has 0 unspecified atom stereocenters. The van der Waals surface area contributed by atoms with Gasteiger partial charge in [0.1, 0.15) is 0 Å². The van der Waals surface area contributed by atoms with E-state index in [-0.39, 0.29) is 101 Å². The first-order valence-corrected chi connectivity index (χ1v) is 51.8. The van der Waals surface area contributed by atoms with Crippen LogP contribution in [0.1, 0.15) is 214 Å². The van der Waals surface area contributed by atoms with Gasteiger partial charge >= 0.3 is 0 Å². The molecule has 140 heavy (non-hydrogen) atoms. The highest BCUT2D eigenvalue weighted by Gasteiger charge is 2.49. The lowest BCUT2D eigenvalue weighted by Gasteiger charge is -2.44. The highest BCUT2D eigenvalue weighted by Crippen LogP contribution is 2.45. The third-order valence-corrected chi connectivity index (χ3v) is 37.6. The van der Waals surface area contributed by atoms with Crippen LogP contribution in [-0.4, -0.2) is 25.3 Å². The Kier molecular flexibility index (Phi) is 34.5. The second-order valence-electron chi connectivity index (χ2n) is 41.2. The molecular formula is C134H153N3SSi2. The molecule has 3 heterocycles. The highest BCUT2D eigenvalue weighted by atomic mass is 32.1. The Bertz CT molecular complexity index is 7340. The van der Waals surface area contributed by atoms with Crippen molar-refractivity contribution in [3.8, 4) is 28.6 Å². The van der Waals surface area contributed by atoms with Crippen molar-refractivity contribution in [1.29, 1.82) is 5.26 Å². The predicted molar refractivity (Wildman–Crippen MR) is 630 cm³/mol. The van der Waals surface area contributed by atoms with Crippen molar-refractivity contribution >= 4 is 128 Å². The predicted octanol–water partition coefficient (Wildman–Crippen LogP) is 34.5. The van der Waals surface area contributed by atoms with Crippen LogP contribution in [-0.2, 0) is 27.1 Å². The number of aromatic nitrogens is 2. The molecule has 0 spiro atoms. The largest absolute Gasteiger partial charge is 0.309 e. The molecule has 0 radical (unpaired) electrons. The standard InChI is InChI=1S/C28H28Si.C23H22S.2C22H21N.C22H24Si.C11H13N.6CH4/c1-28(2,3)23-14-13-21-27(22-23)29(24-15-7-4-8-16-24,25-17-9-5-10-18-25)26-19-11-6-12-20-26;1-15-8-5-9-16(14-15)17-10-6-12-19-21(17)22-18(23(2,3)4)11-7-13-20(22)24-19;1-22(2,3)16-9-8-10-17(15-16)23-20-13-6-4-11-18(20)19-12-5-7-14-21(19)23;1-22(2,3)16-12-14-17(15-13-16)23-20-10-6-4-8-18(20)19-9-5-7-11-21(19)23;1-22(2,3)23(19-13-7-4-8-14-19,20-15-9-5-10-16-20)21-17-11-6-12-18-21;1-11(2,3)10-7-5-4-6-9(10)8-12;;;;;;/h4-22H,1-3H3;5-14H,1-4H3;2*4-15H,1-3H3;4-18H,1-3H3;4-7H,1-3H3;6*1H4/i;5D,8D,9D,14D;;;;;;;;;;. The summed E-state index contributed by atoms with van der Waals surface area (Å²) < 4.78 is 40.4. The van der Waals surface area contributed by atoms with Gasteiger partial charge in [-0.3, -0.25) is 0 Å². The van der Waals surface area contributed by atoms with Crippen LogP contribution in [0.2, 0.25) is 5.04 Å². The molecule has 20 aromatic rings. The fourth-order valence-electron chi connectivity index (χ4n) is 19.3. The first-order valence-electron chi connectivity index (χ1n) is 49.0. The van der Waals surface area contributed by atoms with Crippen LogP contribution in [0.15, 0.2) is 437 Å². The van der Waals surface area contributed by atoms with Crippen LogP contribution in [0, 0.1) is 18.3 Å². The molecule has 0 aliphatic carbocycles. The normalized spacial score (nSPS) is 11.9. The minimum Gasteiger partial charge on any atom is -0.309 e. The Labute approximate surface area is 853 Å². The molecule has 0 amide bonds. The zero-order valence-electron chi connectivity index (χ0n) is 85.5. The van der Waals surface area contributed by atoms with Gasteiger partial charge in [0, 0.05) is 53.1 Å². The average molecular weight is 1900 g/mol. The molecule has 718 valence electrons. The number of nitriles is 1. The third-order valence-electron chi connectivity index (χ3n) is 25.9. The summed E-state index contributed by atoms with van der Waals surface area (Å²) >= 11 is 1.72. The van der Waals surface area contributed by atoms with Crippen molar-refractivity contribution in [2.75, 3.05) is 0 Å². The fraction of sp³-hybridized carbons (Fsp3) is 0.231. The van der Waals surface area contributed by atoms with Crippen LogP contribution in [0.3, 0.4) is 0 Å². The molecule has 0 aliphatic rings. The average Bonchev–Trinajstić information content (AvgIpc) is 1.54. The molecular weight excluding hydrogens is 1740 g/mol. The maximum atomic E-state index is 8.83. The molecule has 17 aromatic carbocycles. The van der Waals surface area contributed by atoms with Gasteiger partial charge in [-0.1, -0.05) is 545 Å². The van der Waals surface area contributed by atoms with E-state index in [0.29, 0.717) is 11.1 Å². The van der Waals surface area contributed by atoms with Crippen LogP contribution in [0.4, 0.5) is 0 Å². The molecule has 0 atom stereocenters. The Balaban J connectivity index is 0.000000193. The van der Waals surface area contributed by atoms with Gasteiger partial charge in [0.15, 0.2) is 16.1 Å². The molecule has 0 saturated heterocycles. The number of nitrogens with zero attached hydrogens (tertiary/aromatic N) is 3. The van der Waals surface area contributed by atoms with Gasteiger partial charge in [-0.25, -0.2) is 0 Å². The molecule has 20 rings (SSSR count). The summed E-state index contributed by atoms with van der Waals surface area (Å²) in [6.45, 7) is 42.2. The maximum Gasteiger partial charge on any atom is 0.179 e. The van der Waals surface area contributed by atoms with Gasteiger partial charge in [-0.2, -0.15) is 5.26 Å². The van der Waals surface area contributed by atoms with E-state index in [2.05, 4.69) is 516 Å². The summed E-state index contributed by atoms with van der Waals surface area (Å²) in [6, 6.07) is 151. The molecule has 0 saturated carbocycles. The van der Waals surface area contributed by atoms with E-state index < -0.39 is 16.1 Å². The monoisotopic (exact) mass is 1900 g/mol. The number of hydrogen-bond acceptors (Lipinski definition) is 2. The van der Waals surface area contributed by atoms with E-state index >= 15 is 0 Å². The molecule has 3 nitrogen and oxygen atoms in total. The molecule has 0 aliphatic heterocycles.